The molecule has 0 aliphatic carbocycles. The van der Waals surface area contributed by atoms with Crippen molar-refractivity contribution in [1.29, 1.82) is 0 Å². The van der Waals surface area contributed by atoms with Gasteiger partial charge in [-0.25, -0.2) is 0 Å². The fourth-order valence-electron chi connectivity index (χ4n) is 1.41. The second-order valence-electron chi connectivity index (χ2n) is 4.48. The molecule has 0 heterocycles. The van der Waals surface area contributed by atoms with Crippen LogP contribution in [0.15, 0.2) is 30.3 Å². The van der Waals surface area contributed by atoms with Crippen molar-refractivity contribution in [2.24, 2.45) is 0 Å². The van der Waals surface area contributed by atoms with Gasteiger partial charge in [-0.15, -0.1) is 0 Å². The van der Waals surface area contributed by atoms with Crippen LogP contribution in [-0.4, -0.2) is 17.7 Å². The maximum Gasteiger partial charge on any atom is 0.402 e. The quantitative estimate of drug-likeness (QED) is 0.736. The first kappa shape index (κ1) is 15.1. The third kappa shape index (κ3) is 4.05. The number of hydrogen-bond donors (Lipinski definition) is 0. The Labute approximate surface area is 108 Å². The van der Waals surface area contributed by atoms with Crippen LogP contribution in [0.2, 0.25) is 0 Å². The summed E-state index contributed by atoms with van der Waals surface area (Å²) in [6.45, 7) is 6.87. The van der Waals surface area contributed by atoms with Gasteiger partial charge in [0, 0.05) is 5.56 Å². The van der Waals surface area contributed by atoms with E-state index in [2.05, 4.69) is 0 Å². The lowest BCUT2D eigenvalue weighted by Crippen LogP contribution is -2.14. The second-order valence-corrected chi connectivity index (χ2v) is 6.30. The van der Waals surface area contributed by atoms with Crippen LogP contribution in [0.1, 0.15) is 38.1 Å². The van der Waals surface area contributed by atoms with E-state index in [0.717, 1.165) is 0 Å². The molecule has 0 unspecified atom stereocenters. The number of rotatable bonds is 6. The highest BCUT2D eigenvalue weighted by Gasteiger charge is 2.37. The summed E-state index contributed by atoms with van der Waals surface area (Å²) in [7, 11) is -3.78. The highest BCUT2D eigenvalue weighted by atomic mass is 31.2. The Bertz CT molecular complexity index is 426. The standard InChI is InChI=1S/C13H19O4P/c1-10(2)16-18(15,17-11(3)4)13(14)12-8-6-5-7-9-12/h5-11H,1-4H3. The molecule has 0 fully saturated rings. The van der Waals surface area contributed by atoms with Gasteiger partial charge < -0.3 is 9.05 Å². The van der Waals surface area contributed by atoms with Crippen molar-refractivity contribution >= 4 is 13.1 Å². The van der Waals surface area contributed by atoms with Crippen LogP contribution in [0.25, 0.3) is 0 Å². The van der Waals surface area contributed by atoms with Gasteiger partial charge in [-0.1, -0.05) is 30.3 Å². The molecule has 5 heteroatoms. The van der Waals surface area contributed by atoms with E-state index in [1.165, 1.54) is 0 Å². The zero-order chi connectivity index (χ0) is 13.8. The fourth-order valence-corrected chi connectivity index (χ4v) is 3.23. The van der Waals surface area contributed by atoms with Gasteiger partial charge in [0.1, 0.15) is 0 Å². The average Bonchev–Trinajstić information content (AvgIpc) is 2.27. The summed E-state index contributed by atoms with van der Waals surface area (Å²) < 4.78 is 23.0. The van der Waals surface area contributed by atoms with Gasteiger partial charge in [-0.2, -0.15) is 0 Å². The Hall–Kier alpha value is -0.960. The second kappa shape index (κ2) is 6.28. The predicted molar refractivity (Wildman–Crippen MR) is 70.8 cm³/mol. The van der Waals surface area contributed by atoms with Gasteiger partial charge in [0.15, 0.2) is 0 Å². The van der Waals surface area contributed by atoms with Crippen molar-refractivity contribution < 1.29 is 18.4 Å². The molecule has 0 aliphatic rings. The smallest absolute Gasteiger partial charge is 0.300 e. The van der Waals surface area contributed by atoms with E-state index < -0.39 is 13.1 Å². The van der Waals surface area contributed by atoms with E-state index in [4.69, 9.17) is 9.05 Å². The Morgan fingerprint density at radius 2 is 1.44 bits per heavy atom. The molecule has 18 heavy (non-hydrogen) atoms. The highest BCUT2D eigenvalue weighted by Crippen LogP contribution is 2.53. The lowest BCUT2D eigenvalue weighted by Gasteiger charge is -2.21. The number of carbonyl (C=O) groups is 1. The van der Waals surface area contributed by atoms with E-state index in [-0.39, 0.29) is 12.2 Å². The summed E-state index contributed by atoms with van der Waals surface area (Å²) in [5, 5.41) is 0. The van der Waals surface area contributed by atoms with Gasteiger partial charge in [-0.3, -0.25) is 9.36 Å². The highest BCUT2D eigenvalue weighted by molar-refractivity contribution is 7.72. The van der Waals surface area contributed by atoms with Crippen molar-refractivity contribution in [3.63, 3.8) is 0 Å². The van der Waals surface area contributed by atoms with E-state index in [1.54, 1.807) is 58.0 Å². The van der Waals surface area contributed by atoms with Crippen molar-refractivity contribution in [1.82, 2.24) is 0 Å². The van der Waals surface area contributed by atoms with Gasteiger partial charge in [0.05, 0.1) is 12.2 Å². The summed E-state index contributed by atoms with van der Waals surface area (Å²) >= 11 is 0. The topological polar surface area (TPSA) is 52.6 Å². The predicted octanol–water partition coefficient (Wildman–Crippen LogP) is 3.87. The summed E-state index contributed by atoms with van der Waals surface area (Å²) in [6, 6.07) is 8.41. The van der Waals surface area contributed by atoms with E-state index in [1.807, 2.05) is 0 Å². The van der Waals surface area contributed by atoms with Gasteiger partial charge >= 0.3 is 7.60 Å². The maximum atomic E-state index is 12.5. The molecule has 0 aliphatic heterocycles. The number of carbonyl (C=O) groups excluding carboxylic acids is 1. The first-order chi connectivity index (χ1) is 8.35. The number of hydrogen-bond acceptors (Lipinski definition) is 4. The Morgan fingerprint density at radius 1 is 1.00 bits per heavy atom. The van der Waals surface area contributed by atoms with Crippen molar-refractivity contribution in [3.8, 4) is 0 Å². The minimum atomic E-state index is -3.78. The molecular weight excluding hydrogens is 251 g/mol. The third-order valence-corrected chi connectivity index (χ3v) is 4.12. The molecule has 0 atom stereocenters. The first-order valence-electron chi connectivity index (χ1n) is 5.92. The lowest BCUT2D eigenvalue weighted by atomic mass is 10.2. The van der Waals surface area contributed by atoms with Gasteiger partial charge in [0.2, 0.25) is 0 Å². The molecule has 100 valence electrons. The summed E-state index contributed by atoms with van der Waals surface area (Å²) in [5.74, 6) is 0. The molecule has 0 bridgehead atoms. The normalized spacial score (nSPS) is 12.1. The molecule has 1 aromatic rings. The Kier molecular flexibility index (Phi) is 5.27. The van der Waals surface area contributed by atoms with Crippen molar-refractivity contribution in [3.05, 3.63) is 35.9 Å². The molecule has 0 saturated heterocycles. The van der Waals surface area contributed by atoms with Crippen LogP contribution in [0.5, 0.6) is 0 Å². The molecule has 0 saturated carbocycles. The van der Waals surface area contributed by atoms with Crippen molar-refractivity contribution in [2.75, 3.05) is 0 Å². The van der Waals surface area contributed by atoms with E-state index in [9.17, 15) is 9.36 Å². The molecule has 0 radical (unpaired) electrons. The number of benzene rings is 1. The molecule has 0 spiro atoms. The largest absolute Gasteiger partial charge is 0.402 e. The minimum absolute atomic E-state index is 0.335. The monoisotopic (exact) mass is 270 g/mol. The van der Waals surface area contributed by atoms with Gasteiger partial charge in [0.25, 0.3) is 5.52 Å². The molecule has 1 aromatic carbocycles. The average molecular weight is 270 g/mol. The first-order valence-corrected chi connectivity index (χ1v) is 7.46. The van der Waals surface area contributed by atoms with Crippen LogP contribution in [-0.2, 0) is 13.6 Å². The molecule has 0 amide bonds. The van der Waals surface area contributed by atoms with Crippen LogP contribution >= 0.6 is 7.60 Å². The van der Waals surface area contributed by atoms with E-state index in [0.29, 0.717) is 5.56 Å². The zero-order valence-electron chi connectivity index (χ0n) is 11.1. The van der Waals surface area contributed by atoms with Crippen LogP contribution < -0.4 is 0 Å². The summed E-state index contributed by atoms with van der Waals surface area (Å²) in [4.78, 5) is 12.2. The van der Waals surface area contributed by atoms with Crippen molar-refractivity contribution in [2.45, 2.75) is 39.9 Å². The molecule has 1 rings (SSSR count). The minimum Gasteiger partial charge on any atom is -0.300 e. The molecule has 0 aromatic heterocycles. The third-order valence-electron chi connectivity index (χ3n) is 1.97. The fraction of sp³-hybridized carbons (Fsp3) is 0.462. The molecule has 0 N–H and O–H groups in total. The summed E-state index contributed by atoms with van der Waals surface area (Å²) in [5.41, 5.74) is -0.257. The zero-order valence-corrected chi connectivity index (χ0v) is 12.0. The Balaban J connectivity index is 3.04. The Morgan fingerprint density at radius 3 is 1.83 bits per heavy atom. The van der Waals surface area contributed by atoms with E-state index >= 15 is 0 Å². The van der Waals surface area contributed by atoms with Crippen LogP contribution in [0, 0.1) is 0 Å². The summed E-state index contributed by atoms with van der Waals surface area (Å²) in [6.07, 6.45) is -0.690. The van der Waals surface area contributed by atoms with Crippen LogP contribution in [0.4, 0.5) is 0 Å². The lowest BCUT2D eigenvalue weighted by molar-refractivity contribution is 0.0924. The maximum absolute atomic E-state index is 12.5. The van der Waals surface area contributed by atoms with Gasteiger partial charge in [-0.05, 0) is 27.7 Å². The van der Waals surface area contributed by atoms with Crippen LogP contribution in [0.3, 0.4) is 0 Å². The molecule has 4 nitrogen and oxygen atoms in total. The molecular formula is C13H19O4P. The SMILES string of the molecule is CC(C)OP(=O)(OC(C)C)C(=O)c1ccccc1.